The van der Waals surface area contributed by atoms with Crippen molar-refractivity contribution < 1.29 is 14.3 Å². The summed E-state index contributed by atoms with van der Waals surface area (Å²) in [6.45, 7) is 1.86. The summed E-state index contributed by atoms with van der Waals surface area (Å²) in [5.74, 6) is -1.07. The van der Waals surface area contributed by atoms with Gasteiger partial charge in [-0.2, -0.15) is 0 Å². The smallest absolute Gasteiger partial charge is 0.339 e. The maximum Gasteiger partial charge on any atom is 0.339 e. The van der Waals surface area contributed by atoms with E-state index >= 15 is 0 Å². The maximum atomic E-state index is 12.8. The zero-order chi connectivity index (χ0) is 20.3. The van der Waals surface area contributed by atoms with Gasteiger partial charge in [-0.05, 0) is 30.0 Å². The van der Waals surface area contributed by atoms with Gasteiger partial charge < -0.3 is 10.1 Å². The van der Waals surface area contributed by atoms with E-state index in [0.29, 0.717) is 16.6 Å². The molecule has 1 amide bonds. The van der Waals surface area contributed by atoms with Gasteiger partial charge in [0.1, 0.15) is 11.2 Å². The van der Waals surface area contributed by atoms with Gasteiger partial charge >= 0.3 is 11.7 Å². The van der Waals surface area contributed by atoms with Gasteiger partial charge in [-0.25, -0.2) is 9.59 Å². The highest BCUT2D eigenvalue weighted by Gasteiger charge is 2.18. The highest BCUT2D eigenvalue weighted by molar-refractivity contribution is 7.17. The molecule has 0 aliphatic heterocycles. The van der Waals surface area contributed by atoms with Crippen LogP contribution >= 0.6 is 11.3 Å². The van der Waals surface area contributed by atoms with Crippen LogP contribution in [-0.2, 0) is 22.6 Å². The predicted octanol–water partition coefficient (Wildman–Crippen LogP) is 2.06. The number of nitrogens with zero attached hydrogens (tertiary/aromatic N) is 2. The lowest BCUT2D eigenvalue weighted by molar-refractivity contribution is -0.116. The lowest BCUT2D eigenvalue weighted by Gasteiger charge is -2.13. The first-order valence-corrected chi connectivity index (χ1v) is 9.54. The molecule has 3 rings (SSSR count). The Morgan fingerprint density at radius 2 is 1.89 bits per heavy atom. The number of hydrogen-bond acceptors (Lipinski definition) is 6. The first-order valence-electron chi connectivity index (χ1n) is 8.66. The van der Waals surface area contributed by atoms with Gasteiger partial charge in [-0.3, -0.25) is 18.7 Å². The highest BCUT2D eigenvalue weighted by Crippen LogP contribution is 2.18. The Labute approximate surface area is 164 Å². The Morgan fingerprint density at radius 1 is 1.14 bits per heavy atom. The van der Waals surface area contributed by atoms with Crippen LogP contribution in [0.4, 0.5) is 5.69 Å². The van der Waals surface area contributed by atoms with E-state index in [-0.39, 0.29) is 29.9 Å². The lowest BCUT2D eigenvalue weighted by Crippen LogP contribution is -2.41. The third kappa shape index (κ3) is 3.61. The van der Waals surface area contributed by atoms with Crippen LogP contribution in [0.25, 0.3) is 10.2 Å². The van der Waals surface area contributed by atoms with Gasteiger partial charge in [-0.15, -0.1) is 11.3 Å². The molecule has 2 heterocycles. The Balaban J connectivity index is 1.97. The zero-order valence-electron chi connectivity index (χ0n) is 15.4. The largest absolute Gasteiger partial charge is 0.465 e. The fourth-order valence-electron chi connectivity index (χ4n) is 2.92. The van der Waals surface area contributed by atoms with E-state index in [1.54, 1.807) is 29.6 Å². The van der Waals surface area contributed by atoms with Crippen molar-refractivity contribution in [3.05, 3.63) is 62.1 Å². The second-order valence-corrected chi connectivity index (χ2v) is 6.96. The van der Waals surface area contributed by atoms with Gasteiger partial charge in [0, 0.05) is 6.54 Å². The summed E-state index contributed by atoms with van der Waals surface area (Å²) in [4.78, 5) is 49.7. The Morgan fingerprint density at radius 3 is 2.61 bits per heavy atom. The molecule has 0 aliphatic carbocycles. The summed E-state index contributed by atoms with van der Waals surface area (Å²) in [5.41, 5.74) is 0.0422. The Bertz CT molecular complexity index is 1160. The van der Waals surface area contributed by atoms with Crippen molar-refractivity contribution in [2.24, 2.45) is 0 Å². The number of methoxy groups -OCH3 is 1. The van der Waals surface area contributed by atoms with Crippen LogP contribution < -0.4 is 16.6 Å². The number of para-hydroxylation sites is 1. The molecule has 0 bridgehead atoms. The Kier molecular flexibility index (Phi) is 5.74. The van der Waals surface area contributed by atoms with E-state index in [0.717, 1.165) is 4.57 Å². The average molecular weight is 401 g/mol. The monoisotopic (exact) mass is 401 g/mol. The Hall–Kier alpha value is -3.20. The number of aromatic nitrogens is 2. The molecule has 1 aromatic carbocycles. The van der Waals surface area contributed by atoms with E-state index < -0.39 is 17.6 Å². The molecule has 0 saturated heterocycles. The summed E-state index contributed by atoms with van der Waals surface area (Å²) >= 11 is 1.23. The quantitative estimate of drug-likeness (QED) is 0.638. The molecule has 146 valence electrons. The minimum Gasteiger partial charge on any atom is -0.465 e. The second kappa shape index (κ2) is 8.22. The standard InChI is InChI=1S/C19H19N3O5S/c1-3-9-21-17(24)16-14(8-10-28-16)22(19(21)26)11-15(23)20-13-7-5-4-6-12(13)18(25)27-2/h4-8,10H,3,9,11H2,1-2H3,(H,20,23). The topological polar surface area (TPSA) is 99.4 Å². The molecule has 9 heteroatoms. The van der Waals surface area contributed by atoms with Crippen LogP contribution in [0.1, 0.15) is 23.7 Å². The summed E-state index contributed by atoms with van der Waals surface area (Å²) < 4.78 is 7.57. The van der Waals surface area contributed by atoms with Gasteiger partial charge in [0.2, 0.25) is 5.91 Å². The molecule has 3 aromatic rings. The zero-order valence-corrected chi connectivity index (χ0v) is 16.2. The number of benzene rings is 1. The predicted molar refractivity (Wildman–Crippen MR) is 107 cm³/mol. The third-order valence-corrected chi connectivity index (χ3v) is 5.08. The molecular formula is C19H19N3O5S. The molecular weight excluding hydrogens is 382 g/mol. The number of carbonyl (C=O) groups is 2. The van der Waals surface area contributed by atoms with Crippen LogP contribution in [0, 0.1) is 0 Å². The number of fused-ring (bicyclic) bond motifs is 1. The molecule has 0 atom stereocenters. The fraction of sp³-hybridized carbons (Fsp3) is 0.263. The number of amides is 1. The third-order valence-electron chi connectivity index (χ3n) is 4.19. The van der Waals surface area contributed by atoms with Crippen molar-refractivity contribution in [3.63, 3.8) is 0 Å². The van der Waals surface area contributed by atoms with Crippen LogP contribution in [0.5, 0.6) is 0 Å². The van der Waals surface area contributed by atoms with Crippen LogP contribution in [-0.4, -0.2) is 28.1 Å². The second-order valence-electron chi connectivity index (χ2n) is 6.05. The normalized spacial score (nSPS) is 10.8. The molecule has 28 heavy (non-hydrogen) atoms. The number of nitrogens with one attached hydrogen (secondary N) is 1. The molecule has 0 fully saturated rings. The number of esters is 1. The van der Waals surface area contributed by atoms with Crippen molar-refractivity contribution >= 4 is 39.1 Å². The van der Waals surface area contributed by atoms with Crippen LogP contribution in [0.15, 0.2) is 45.3 Å². The molecule has 0 spiro atoms. The number of carbonyl (C=O) groups excluding carboxylic acids is 2. The average Bonchev–Trinajstić information content (AvgIpc) is 3.18. The van der Waals surface area contributed by atoms with Crippen LogP contribution in [0.3, 0.4) is 0 Å². The summed E-state index contributed by atoms with van der Waals surface area (Å²) in [6.07, 6.45) is 0.616. The first kappa shape index (κ1) is 19.6. The minimum atomic E-state index is -0.579. The lowest BCUT2D eigenvalue weighted by atomic mass is 10.2. The highest BCUT2D eigenvalue weighted by atomic mass is 32.1. The van der Waals surface area contributed by atoms with Gasteiger partial charge in [0.15, 0.2) is 0 Å². The molecule has 1 N–H and O–H groups in total. The van der Waals surface area contributed by atoms with E-state index in [9.17, 15) is 19.2 Å². The first-order chi connectivity index (χ1) is 13.5. The molecule has 8 nitrogen and oxygen atoms in total. The van der Waals surface area contributed by atoms with Crippen molar-refractivity contribution in [1.82, 2.24) is 9.13 Å². The van der Waals surface area contributed by atoms with E-state index in [2.05, 4.69) is 5.32 Å². The van der Waals surface area contributed by atoms with E-state index in [1.807, 2.05) is 6.92 Å². The number of ether oxygens (including phenoxy) is 1. The molecule has 2 aromatic heterocycles. The van der Waals surface area contributed by atoms with E-state index in [4.69, 9.17) is 4.74 Å². The van der Waals surface area contributed by atoms with Gasteiger partial charge in [0.25, 0.3) is 5.56 Å². The molecule has 0 radical (unpaired) electrons. The SMILES string of the molecule is CCCn1c(=O)c2sccc2n(CC(=O)Nc2ccccc2C(=O)OC)c1=O. The summed E-state index contributed by atoms with van der Waals surface area (Å²) in [6, 6.07) is 8.08. The van der Waals surface area contributed by atoms with Gasteiger partial charge in [0.05, 0.1) is 23.9 Å². The van der Waals surface area contributed by atoms with Crippen molar-refractivity contribution in [3.8, 4) is 0 Å². The van der Waals surface area contributed by atoms with Crippen molar-refractivity contribution in [2.45, 2.75) is 26.4 Å². The van der Waals surface area contributed by atoms with Crippen LogP contribution in [0.2, 0.25) is 0 Å². The maximum absolute atomic E-state index is 12.8. The number of hydrogen-bond donors (Lipinski definition) is 1. The number of rotatable bonds is 6. The van der Waals surface area contributed by atoms with Crippen molar-refractivity contribution in [2.75, 3.05) is 12.4 Å². The minimum absolute atomic E-state index is 0.210. The molecule has 0 unspecified atom stereocenters. The van der Waals surface area contributed by atoms with E-state index in [1.165, 1.54) is 29.1 Å². The summed E-state index contributed by atoms with van der Waals surface area (Å²) in [5, 5.41) is 4.35. The fourth-order valence-corrected chi connectivity index (χ4v) is 3.76. The molecule has 0 saturated carbocycles. The van der Waals surface area contributed by atoms with Gasteiger partial charge in [-0.1, -0.05) is 19.1 Å². The van der Waals surface area contributed by atoms with Crippen molar-refractivity contribution in [1.29, 1.82) is 0 Å². The molecule has 0 aliphatic rings. The summed E-state index contributed by atoms with van der Waals surface area (Å²) in [7, 11) is 1.25. The number of thiophene rings is 1. The number of anilines is 1.